The van der Waals surface area contributed by atoms with Crippen LogP contribution in [0, 0.1) is 5.41 Å². The van der Waals surface area contributed by atoms with Crippen molar-refractivity contribution in [2.75, 3.05) is 0 Å². The van der Waals surface area contributed by atoms with E-state index in [2.05, 4.69) is 27.7 Å². The molecule has 0 heteroatoms. The summed E-state index contributed by atoms with van der Waals surface area (Å²) >= 11 is 0. The molecule has 0 atom stereocenters. The van der Waals surface area contributed by atoms with E-state index in [1.807, 2.05) is 0 Å². The minimum atomic E-state index is 0.638. The summed E-state index contributed by atoms with van der Waals surface area (Å²) in [5.41, 5.74) is 0.638. The van der Waals surface area contributed by atoms with Crippen molar-refractivity contribution in [3.8, 4) is 0 Å². The average molecular weight is 381 g/mol. The Bertz CT molecular complexity index is 247. The van der Waals surface area contributed by atoms with Gasteiger partial charge in [-0.15, -0.1) is 0 Å². The molecule has 0 heterocycles. The first-order valence-electron chi connectivity index (χ1n) is 13.2. The number of hydrogen-bond donors (Lipinski definition) is 0. The molecule has 0 spiro atoms. The van der Waals surface area contributed by atoms with Gasteiger partial charge in [-0.1, -0.05) is 150 Å². The van der Waals surface area contributed by atoms with Crippen LogP contribution in [-0.2, 0) is 0 Å². The van der Waals surface area contributed by atoms with Gasteiger partial charge in [0.25, 0.3) is 0 Å². The summed E-state index contributed by atoms with van der Waals surface area (Å²) in [4.78, 5) is 0. The molecule has 0 aromatic rings. The van der Waals surface area contributed by atoms with Gasteiger partial charge in [0, 0.05) is 0 Å². The summed E-state index contributed by atoms with van der Waals surface area (Å²) in [6, 6.07) is 0. The molecule has 0 saturated carbocycles. The van der Waals surface area contributed by atoms with Crippen LogP contribution < -0.4 is 0 Å². The van der Waals surface area contributed by atoms with Gasteiger partial charge in [-0.2, -0.15) is 0 Å². The molecule has 0 aromatic carbocycles. The third-order valence-electron chi connectivity index (χ3n) is 6.65. The van der Waals surface area contributed by atoms with Crippen molar-refractivity contribution in [2.45, 2.75) is 169 Å². The van der Waals surface area contributed by atoms with Crippen LogP contribution in [-0.4, -0.2) is 0 Å². The lowest BCUT2D eigenvalue weighted by Crippen LogP contribution is -2.16. The molecule has 0 unspecified atom stereocenters. The second kappa shape index (κ2) is 20.7. The topological polar surface area (TPSA) is 0 Å². The zero-order valence-corrected chi connectivity index (χ0v) is 20.1. The van der Waals surface area contributed by atoms with Gasteiger partial charge in [-0.05, 0) is 24.7 Å². The zero-order valence-electron chi connectivity index (χ0n) is 20.1. The van der Waals surface area contributed by atoms with Gasteiger partial charge in [0.1, 0.15) is 0 Å². The van der Waals surface area contributed by atoms with Crippen LogP contribution in [0.1, 0.15) is 169 Å². The maximum atomic E-state index is 2.62. The maximum absolute atomic E-state index is 2.62. The fourth-order valence-electron chi connectivity index (χ4n) is 4.55. The normalized spacial score (nSPS) is 12.0. The van der Waals surface area contributed by atoms with Crippen LogP contribution in [0.25, 0.3) is 0 Å². The van der Waals surface area contributed by atoms with Gasteiger partial charge < -0.3 is 0 Å². The van der Waals surface area contributed by atoms with Crippen molar-refractivity contribution < 1.29 is 0 Å². The fourth-order valence-corrected chi connectivity index (χ4v) is 4.55. The number of hydrogen-bond acceptors (Lipinski definition) is 0. The number of rotatable bonds is 22. The molecule has 0 aromatic heterocycles. The smallest absolute Gasteiger partial charge is 0.0326 e. The number of unbranched alkanes of at least 4 members (excludes halogenated alkanes) is 16. The van der Waals surface area contributed by atoms with Crippen LogP contribution >= 0.6 is 0 Å². The Balaban J connectivity index is 3.87. The van der Waals surface area contributed by atoms with Crippen LogP contribution in [0.4, 0.5) is 0 Å². The van der Waals surface area contributed by atoms with E-state index in [9.17, 15) is 0 Å². The van der Waals surface area contributed by atoms with Crippen LogP contribution in [0.15, 0.2) is 0 Å². The summed E-state index contributed by atoms with van der Waals surface area (Å²) in [5.74, 6) is 0. The van der Waals surface area contributed by atoms with E-state index in [1.165, 1.54) is 141 Å². The summed E-state index contributed by atoms with van der Waals surface area (Å²) in [6.07, 6.45) is 32.0. The third-order valence-corrected chi connectivity index (χ3v) is 6.65. The Kier molecular flexibility index (Phi) is 20.7. The summed E-state index contributed by atoms with van der Waals surface area (Å²) < 4.78 is 0. The van der Waals surface area contributed by atoms with Gasteiger partial charge in [0.05, 0.1) is 0 Å². The van der Waals surface area contributed by atoms with Gasteiger partial charge in [-0.3, -0.25) is 0 Å². The van der Waals surface area contributed by atoms with Crippen molar-refractivity contribution in [3.05, 3.63) is 0 Å². The summed E-state index contributed by atoms with van der Waals surface area (Å²) in [6.45, 7) is 9.58. The van der Waals surface area contributed by atoms with Crippen molar-refractivity contribution >= 4 is 0 Å². The van der Waals surface area contributed by atoms with Crippen molar-refractivity contribution in [2.24, 2.45) is 5.41 Å². The molecule has 0 N–H and O–H groups in total. The van der Waals surface area contributed by atoms with E-state index in [-0.39, 0.29) is 0 Å². The van der Waals surface area contributed by atoms with Crippen molar-refractivity contribution in [1.82, 2.24) is 0 Å². The molecule has 0 rings (SSSR count). The van der Waals surface area contributed by atoms with Crippen molar-refractivity contribution in [1.29, 1.82) is 0 Å². The second-order valence-corrected chi connectivity index (χ2v) is 9.72. The first kappa shape index (κ1) is 27.0. The summed E-state index contributed by atoms with van der Waals surface area (Å²) in [5, 5.41) is 0. The highest BCUT2D eigenvalue weighted by Gasteiger charge is 2.22. The van der Waals surface area contributed by atoms with Crippen LogP contribution in [0.3, 0.4) is 0 Å². The van der Waals surface area contributed by atoms with E-state index in [4.69, 9.17) is 0 Å². The Morgan fingerprint density at radius 1 is 0.333 bits per heavy atom. The predicted octanol–water partition coefficient (Wildman–Crippen LogP) is 10.6. The van der Waals surface area contributed by atoms with Gasteiger partial charge in [0.15, 0.2) is 0 Å². The SMILES string of the molecule is CCCCCCCCCCC(C)(CCCCC)CCCCCCCCCC. The van der Waals surface area contributed by atoms with Crippen molar-refractivity contribution in [3.63, 3.8) is 0 Å². The lowest BCUT2D eigenvalue weighted by molar-refractivity contribution is 0.223. The first-order chi connectivity index (χ1) is 13.2. The Morgan fingerprint density at radius 2 is 0.556 bits per heavy atom. The van der Waals surface area contributed by atoms with E-state index >= 15 is 0 Å². The molecule has 0 radical (unpaired) electrons. The maximum Gasteiger partial charge on any atom is -0.0326 e. The summed E-state index contributed by atoms with van der Waals surface area (Å²) in [7, 11) is 0. The molecule has 0 aliphatic rings. The fraction of sp³-hybridized carbons (Fsp3) is 1.00. The van der Waals surface area contributed by atoms with Gasteiger partial charge in [-0.25, -0.2) is 0 Å². The van der Waals surface area contributed by atoms with E-state index in [0.717, 1.165) is 0 Å². The molecule has 0 fully saturated rings. The highest BCUT2D eigenvalue weighted by atomic mass is 14.3. The highest BCUT2D eigenvalue weighted by Crippen LogP contribution is 2.36. The zero-order chi connectivity index (χ0) is 20.1. The van der Waals surface area contributed by atoms with Crippen LogP contribution in [0.5, 0.6) is 0 Å². The molecule has 0 aliphatic heterocycles. The standard InChI is InChI=1S/C27H56/c1-5-8-11-13-15-17-19-22-25-27(4,24-21-10-7-3)26-23-20-18-16-14-12-9-6-2/h5-26H2,1-4H3. The predicted molar refractivity (Wildman–Crippen MR) is 127 cm³/mol. The monoisotopic (exact) mass is 380 g/mol. The van der Waals surface area contributed by atoms with E-state index < -0.39 is 0 Å². The molecule has 0 nitrogen and oxygen atoms in total. The molecule has 0 saturated heterocycles. The lowest BCUT2D eigenvalue weighted by atomic mass is 9.76. The molecule has 0 aliphatic carbocycles. The van der Waals surface area contributed by atoms with Gasteiger partial charge >= 0.3 is 0 Å². The highest BCUT2D eigenvalue weighted by molar-refractivity contribution is 4.75. The largest absolute Gasteiger partial charge is 0.0654 e. The molecule has 0 amide bonds. The lowest BCUT2D eigenvalue weighted by Gasteiger charge is -2.30. The molecule has 164 valence electrons. The average Bonchev–Trinajstić information content (AvgIpc) is 2.66. The minimum absolute atomic E-state index is 0.638. The van der Waals surface area contributed by atoms with Crippen LogP contribution in [0.2, 0.25) is 0 Å². The third kappa shape index (κ3) is 19.1. The Labute approximate surface area is 174 Å². The minimum Gasteiger partial charge on any atom is -0.0654 e. The second-order valence-electron chi connectivity index (χ2n) is 9.72. The Hall–Kier alpha value is 0. The van der Waals surface area contributed by atoms with E-state index in [0.29, 0.717) is 5.41 Å². The molecule has 0 bridgehead atoms. The molecule has 27 heavy (non-hydrogen) atoms. The first-order valence-corrected chi connectivity index (χ1v) is 13.2. The molecular formula is C27H56. The molecular weight excluding hydrogens is 324 g/mol. The van der Waals surface area contributed by atoms with Gasteiger partial charge in [0.2, 0.25) is 0 Å². The Morgan fingerprint density at radius 3 is 0.889 bits per heavy atom. The van der Waals surface area contributed by atoms with E-state index in [1.54, 1.807) is 0 Å². The quantitative estimate of drug-likeness (QED) is 0.164.